The molecule has 0 unspecified atom stereocenters. The minimum Gasteiger partial charge on any atom is -0.497 e. The van der Waals surface area contributed by atoms with Gasteiger partial charge in [0.2, 0.25) is 0 Å². The van der Waals surface area contributed by atoms with Crippen molar-refractivity contribution in [1.82, 2.24) is 0 Å². The number of methoxy groups -OCH3 is 1. The maximum atomic E-state index is 13.3. The fraction of sp³-hybridized carbons (Fsp3) is 0.125. The van der Waals surface area contributed by atoms with Gasteiger partial charge < -0.3 is 10.5 Å². The van der Waals surface area contributed by atoms with Crippen molar-refractivity contribution < 1.29 is 9.13 Å². The second-order valence-electron chi connectivity index (χ2n) is 4.10. The molecule has 2 nitrogen and oxygen atoms in total. The van der Waals surface area contributed by atoms with Crippen molar-refractivity contribution in [1.29, 1.82) is 0 Å². The van der Waals surface area contributed by atoms with Crippen molar-refractivity contribution in [3.05, 3.63) is 71.6 Å². The summed E-state index contributed by atoms with van der Waals surface area (Å²) in [4.78, 5) is 0. The van der Waals surface area contributed by atoms with Gasteiger partial charge in [-0.3, -0.25) is 0 Å². The highest BCUT2D eigenvalue weighted by Gasteiger charge is 2.06. The van der Waals surface area contributed by atoms with Crippen LogP contribution in [0.3, 0.4) is 0 Å². The molecule has 3 heteroatoms. The number of benzene rings is 2. The Balaban J connectivity index is 2.48. The van der Waals surface area contributed by atoms with Crippen LogP contribution in [0.1, 0.15) is 11.1 Å². The van der Waals surface area contributed by atoms with Crippen LogP contribution < -0.4 is 10.5 Å². The van der Waals surface area contributed by atoms with E-state index in [1.807, 2.05) is 36.4 Å². The second kappa shape index (κ2) is 6.16. The lowest BCUT2D eigenvalue weighted by molar-refractivity contribution is 0.414. The average molecular weight is 257 g/mol. The quantitative estimate of drug-likeness (QED) is 0.912. The summed E-state index contributed by atoms with van der Waals surface area (Å²) in [5.74, 6) is 0.500. The first kappa shape index (κ1) is 13.3. The largest absolute Gasteiger partial charge is 0.497 e. The first-order chi connectivity index (χ1) is 9.24. The zero-order valence-electron chi connectivity index (χ0n) is 10.8. The topological polar surface area (TPSA) is 35.2 Å². The van der Waals surface area contributed by atoms with Crippen molar-refractivity contribution in [3.8, 4) is 5.75 Å². The molecule has 2 N–H and O–H groups in total. The molecule has 98 valence electrons. The molecule has 0 fully saturated rings. The molecule has 0 heterocycles. The number of ether oxygens (including phenoxy) is 1. The van der Waals surface area contributed by atoms with Crippen LogP contribution >= 0.6 is 0 Å². The molecule has 0 atom stereocenters. The van der Waals surface area contributed by atoms with Gasteiger partial charge in [-0.15, -0.1) is 0 Å². The van der Waals surface area contributed by atoms with Crippen molar-refractivity contribution in [2.24, 2.45) is 5.73 Å². The molecular weight excluding hydrogens is 241 g/mol. The fourth-order valence-electron chi connectivity index (χ4n) is 1.97. The zero-order chi connectivity index (χ0) is 13.7. The summed E-state index contributed by atoms with van der Waals surface area (Å²) in [6.07, 6.45) is 1.88. The highest BCUT2D eigenvalue weighted by Crippen LogP contribution is 2.26. The zero-order valence-corrected chi connectivity index (χ0v) is 10.8. The van der Waals surface area contributed by atoms with Crippen LogP contribution in [-0.2, 0) is 0 Å². The van der Waals surface area contributed by atoms with Gasteiger partial charge in [0.1, 0.15) is 11.6 Å². The minimum atomic E-state index is -0.261. The molecule has 0 aliphatic rings. The first-order valence-electron chi connectivity index (χ1n) is 6.05. The lowest BCUT2D eigenvalue weighted by Gasteiger charge is -2.10. The first-order valence-corrected chi connectivity index (χ1v) is 6.05. The van der Waals surface area contributed by atoms with Gasteiger partial charge in [0.25, 0.3) is 0 Å². The number of hydrogen-bond acceptors (Lipinski definition) is 2. The van der Waals surface area contributed by atoms with E-state index >= 15 is 0 Å². The Morgan fingerprint density at radius 3 is 2.47 bits per heavy atom. The predicted octanol–water partition coefficient (Wildman–Crippen LogP) is 3.22. The molecule has 0 aromatic heterocycles. The molecule has 0 bridgehead atoms. The molecule has 2 aromatic carbocycles. The Morgan fingerprint density at radius 2 is 1.84 bits per heavy atom. The van der Waals surface area contributed by atoms with Crippen molar-refractivity contribution in [2.75, 3.05) is 13.7 Å². The van der Waals surface area contributed by atoms with Crippen LogP contribution in [-0.4, -0.2) is 13.7 Å². The standard InChI is InChI=1S/C16H16FNO/c1-19-15-7-3-5-13(11-15)16(8-9-18)12-4-2-6-14(17)10-12/h2-8,10-11H,9,18H2,1H3/b16-8-. The third-order valence-corrected chi connectivity index (χ3v) is 2.84. The van der Waals surface area contributed by atoms with Crippen LogP contribution in [0.25, 0.3) is 5.57 Å². The van der Waals surface area contributed by atoms with E-state index in [-0.39, 0.29) is 5.82 Å². The molecule has 0 aliphatic carbocycles. The third-order valence-electron chi connectivity index (χ3n) is 2.84. The number of rotatable bonds is 4. The van der Waals surface area contributed by atoms with Crippen LogP contribution in [0.2, 0.25) is 0 Å². The maximum absolute atomic E-state index is 13.3. The summed E-state index contributed by atoms with van der Waals surface area (Å²) in [5, 5.41) is 0. The highest BCUT2D eigenvalue weighted by molar-refractivity contribution is 5.80. The van der Waals surface area contributed by atoms with E-state index in [0.717, 1.165) is 22.4 Å². The molecule has 0 aliphatic heterocycles. The molecule has 2 rings (SSSR count). The van der Waals surface area contributed by atoms with E-state index in [1.54, 1.807) is 13.2 Å². The van der Waals surface area contributed by atoms with Crippen LogP contribution in [0.4, 0.5) is 4.39 Å². The van der Waals surface area contributed by atoms with Gasteiger partial charge in [0, 0.05) is 6.54 Å². The Labute approximate surface area is 112 Å². The Morgan fingerprint density at radius 1 is 1.16 bits per heavy atom. The maximum Gasteiger partial charge on any atom is 0.123 e. The van der Waals surface area contributed by atoms with Crippen LogP contribution in [0.15, 0.2) is 54.6 Å². The van der Waals surface area contributed by atoms with E-state index in [4.69, 9.17) is 10.5 Å². The SMILES string of the molecule is COc1cccc(/C(=C\CN)c2cccc(F)c2)c1. The summed E-state index contributed by atoms with van der Waals surface area (Å²) in [7, 11) is 1.62. The van der Waals surface area contributed by atoms with Gasteiger partial charge in [0.15, 0.2) is 0 Å². The summed E-state index contributed by atoms with van der Waals surface area (Å²) < 4.78 is 18.6. The Bertz CT molecular complexity index is 593. The molecule has 19 heavy (non-hydrogen) atoms. The van der Waals surface area contributed by atoms with Gasteiger partial charge in [-0.2, -0.15) is 0 Å². The van der Waals surface area contributed by atoms with Crippen LogP contribution in [0, 0.1) is 5.82 Å². The van der Waals surface area contributed by atoms with Crippen LogP contribution in [0.5, 0.6) is 5.75 Å². The molecule has 0 saturated carbocycles. The smallest absolute Gasteiger partial charge is 0.123 e. The summed E-state index contributed by atoms with van der Waals surface area (Å²) in [6.45, 7) is 0.392. The van der Waals surface area contributed by atoms with E-state index in [0.29, 0.717) is 6.54 Å². The number of hydrogen-bond donors (Lipinski definition) is 1. The van der Waals surface area contributed by atoms with Crippen molar-refractivity contribution >= 4 is 5.57 Å². The number of nitrogens with two attached hydrogens (primary N) is 1. The Hall–Kier alpha value is -2.13. The lowest BCUT2D eigenvalue weighted by Crippen LogP contribution is -1.98. The average Bonchev–Trinajstić information content (AvgIpc) is 2.45. The van der Waals surface area contributed by atoms with Gasteiger partial charge in [0.05, 0.1) is 7.11 Å². The van der Waals surface area contributed by atoms with Gasteiger partial charge in [-0.1, -0.05) is 30.3 Å². The summed E-state index contributed by atoms with van der Waals surface area (Å²) in [6, 6.07) is 14.1. The fourth-order valence-corrected chi connectivity index (χ4v) is 1.97. The molecule has 0 spiro atoms. The predicted molar refractivity (Wildman–Crippen MR) is 75.5 cm³/mol. The van der Waals surface area contributed by atoms with Gasteiger partial charge >= 0.3 is 0 Å². The van der Waals surface area contributed by atoms with E-state index in [1.165, 1.54) is 12.1 Å². The van der Waals surface area contributed by atoms with E-state index in [2.05, 4.69) is 0 Å². The van der Waals surface area contributed by atoms with Gasteiger partial charge in [-0.25, -0.2) is 4.39 Å². The molecule has 0 amide bonds. The van der Waals surface area contributed by atoms with E-state index in [9.17, 15) is 4.39 Å². The monoisotopic (exact) mass is 257 g/mol. The highest BCUT2D eigenvalue weighted by atomic mass is 19.1. The lowest BCUT2D eigenvalue weighted by atomic mass is 9.97. The Kier molecular flexibility index (Phi) is 4.31. The van der Waals surface area contributed by atoms with E-state index < -0.39 is 0 Å². The summed E-state index contributed by atoms with van der Waals surface area (Å²) in [5.41, 5.74) is 8.27. The van der Waals surface area contributed by atoms with Gasteiger partial charge in [-0.05, 0) is 41.0 Å². The summed E-state index contributed by atoms with van der Waals surface area (Å²) >= 11 is 0. The normalized spacial score (nSPS) is 11.4. The molecular formula is C16H16FNO. The minimum absolute atomic E-state index is 0.261. The second-order valence-corrected chi connectivity index (χ2v) is 4.10. The third kappa shape index (κ3) is 3.20. The number of halogens is 1. The molecule has 0 radical (unpaired) electrons. The van der Waals surface area contributed by atoms with Crippen molar-refractivity contribution in [2.45, 2.75) is 0 Å². The molecule has 0 saturated heterocycles. The van der Waals surface area contributed by atoms with Crippen molar-refractivity contribution in [3.63, 3.8) is 0 Å². The molecule has 2 aromatic rings.